The minimum atomic E-state index is -0.657. The number of aromatic nitrogens is 3. The molecule has 3 heterocycles. The zero-order chi connectivity index (χ0) is 18.8. The highest BCUT2D eigenvalue weighted by Crippen LogP contribution is 2.38. The number of anilines is 1. The van der Waals surface area contributed by atoms with Gasteiger partial charge < -0.3 is 20.2 Å². The van der Waals surface area contributed by atoms with Crippen LogP contribution < -0.4 is 4.90 Å². The molecule has 8 heteroatoms. The van der Waals surface area contributed by atoms with Gasteiger partial charge in [0.1, 0.15) is 0 Å². The zero-order valence-corrected chi connectivity index (χ0v) is 15.5. The van der Waals surface area contributed by atoms with Crippen molar-refractivity contribution in [2.24, 2.45) is 0 Å². The molecule has 0 radical (unpaired) electrons. The number of piperazine rings is 1. The van der Waals surface area contributed by atoms with E-state index in [0.29, 0.717) is 6.54 Å². The second kappa shape index (κ2) is 7.74. The van der Waals surface area contributed by atoms with Gasteiger partial charge >= 0.3 is 0 Å². The first-order chi connectivity index (χ1) is 13.1. The monoisotopic (exact) mass is 373 g/mol. The lowest BCUT2D eigenvalue weighted by Gasteiger charge is -2.35. The lowest BCUT2D eigenvalue weighted by molar-refractivity contribution is 0.0906. The number of fused-ring (bicyclic) bond motifs is 1. The van der Waals surface area contributed by atoms with Crippen molar-refractivity contribution in [3.05, 3.63) is 29.6 Å². The Hall–Kier alpha value is -2.32. The predicted octanol–water partition coefficient (Wildman–Crippen LogP) is 0.751. The predicted molar refractivity (Wildman–Crippen MR) is 101 cm³/mol. The van der Waals surface area contributed by atoms with Gasteiger partial charge in [0.15, 0.2) is 11.8 Å². The van der Waals surface area contributed by atoms with Gasteiger partial charge in [0, 0.05) is 56.2 Å². The summed E-state index contributed by atoms with van der Waals surface area (Å²) in [4.78, 5) is 12.9. The molecule has 0 bridgehead atoms. The molecule has 0 aromatic carbocycles. The number of rotatable bonds is 5. The average Bonchev–Trinajstić information content (AvgIpc) is 2.94. The molecule has 1 unspecified atom stereocenters. The highest BCUT2D eigenvalue weighted by atomic mass is 16.3. The zero-order valence-electron chi connectivity index (χ0n) is 15.5. The molecule has 2 aliphatic rings. The molecule has 8 nitrogen and oxygen atoms in total. The van der Waals surface area contributed by atoms with Crippen LogP contribution in [-0.4, -0.2) is 73.6 Å². The largest absolute Gasteiger partial charge is 0.494 e. The Bertz CT molecular complexity index is 742. The van der Waals surface area contributed by atoms with Crippen molar-refractivity contribution in [3.63, 3.8) is 0 Å². The number of hydrogen-bond acceptors (Lipinski definition) is 7. The molecule has 4 rings (SSSR count). The van der Waals surface area contributed by atoms with E-state index in [-0.39, 0.29) is 18.3 Å². The second-order valence-corrected chi connectivity index (χ2v) is 7.41. The van der Waals surface area contributed by atoms with E-state index >= 15 is 0 Å². The summed E-state index contributed by atoms with van der Waals surface area (Å²) in [6, 6.07) is 1.81. The third kappa shape index (κ3) is 3.72. The van der Waals surface area contributed by atoms with Crippen molar-refractivity contribution in [2.45, 2.75) is 38.3 Å². The number of nitrogens with zero attached hydrogens (tertiary/aromatic N) is 5. The SMILES string of the molecule is Oc1c2c(c(O)n1CC(O)CN1CCN(c3ncccn3)CC1)CCCC2. The lowest BCUT2D eigenvalue weighted by atomic mass is 9.95. The van der Waals surface area contributed by atoms with Crippen LogP contribution in [0, 0.1) is 0 Å². The quantitative estimate of drug-likeness (QED) is 0.711. The van der Waals surface area contributed by atoms with Crippen molar-refractivity contribution < 1.29 is 15.3 Å². The molecule has 2 aromatic heterocycles. The molecule has 3 N–H and O–H groups in total. The minimum absolute atomic E-state index is 0.118. The second-order valence-electron chi connectivity index (χ2n) is 7.41. The molecule has 27 heavy (non-hydrogen) atoms. The van der Waals surface area contributed by atoms with Crippen LogP contribution in [0.4, 0.5) is 5.95 Å². The fourth-order valence-corrected chi connectivity index (χ4v) is 4.15. The van der Waals surface area contributed by atoms with Gasteiger partial charge in [-0.2, -0.15) is 0 Å². The van der Waals surface area contributed by atoms with Gasteiger partial charge in [0.2, 0.25) is 5.95 Å². The summed E-state index contributed by atoms with van der Waals surface area (Å²) in [5.74, 6) is 0.977. The third-order valence-electron chi connectivity index (χ3n) is 5.59. The summed E-state index contributed by atoms with van der Waals surface area (Å²) in [6.07, 6.45) is 6.48. The number of aliphatic hydroxyl groups is 1. The summed E-state index contributed by atoms with van der Waals surface area (Å²) in [7, 11) is 0. The molecule has 0 saturated carbocycles. The first-order valence-corrected chi connectivity index (χ1v) is 9.68. The number of β-amino-alcohol motifs (C(OH)–C–C–N with tert-alkyl or cyclic N) is 1. The molecule has 1 aliphatic heterocycles. The van der Waals surface area contributed by atoms with Gasteiger partial charge in [-0.1, -0.05) is 0 Å². The smallest absolute Gasteiger partial charge is 0.225 e. The first kappa shape index (κ1) is 18.1. The maximum Gasteiger partial charge on any atom is 0.225 e. The van der Waals surface area contributed by atoms with Crippen molar-refractivity contribution in [1.82, 2.24) is 19.4 Å². The molecular formula is C19H27N5O3. The standard InChI is InChI=1S/C19H27N5O3/c25-14(13-24-17(26)15-4-1-2-5-16(15)18(24)27)12-22-8-10-23(11-9-22)19-20-6-3-7-21-19/h3,6-7,14,25-27H,1-2,4-5,8-13H2. The van der Waals surface area contributed by atoms with Crippen LogP contribution in [0.5, 0.6) is 11.8 Å². The van der Waals surface area contributed by atoms with E-state index in [1.54, 1.807) is 18.5 Å². The van der Waals surface area contributed by atoms with Gasteiger partial charge in [-0.05, 0) is 31.7 Å². The summed E-state index contributed by atoms with van der Waals surface area (Å²) in [6.45, 7) is 3.96. The fourth-order valence-electron chi connectivity index (χ4n) is 4.15. The van der Waals surface area contributed by atoms with E-state index in [9.17, 15) is 15.3 Å². The minimum Gasteiger partial charge on any atom is -0.494 e. The summed E-state index contributed by atoms with van der Waals surface area (Å²) >= 11 is 0. The van der Waals surface area contributed by atoms with E-state index < -0.39 is 6.10 Å². The molecule has 146 valence electrons. The van der Waals surface area contributed by atoms with Crippen molar-refractivity contribution >= 4 is 5.95 Å². The van der Waals surface area contributed by atoms with E-state index in [4.69, 9.17) is 0 Å². The van der Waals surface area contributed by atoms with Gasteiger partial charge in [0.05, 0.1) is 12.6 Å². The van der Waals surface area contributed by atoms with Crippen molar-refractivity contribution in [3.8, 4) is 11.8 Å². The van der Waals surface area contributed by atoms with Crippen LogP contribution in [0.25, 0.3) is 0 Å². The number of aliphatic hydroxyl groups excluding tert-OH is 1. The average molecular weight is 373 g/mol. The van der Waals surface area contributed by atoms with Crippen LogP contribution in [0.3, 0.4) is 0 Å². The molecule has 0 spiro atoms. The molecule has 0 amide bonds. The van der Waals surface area contributed by atoms with E-state index in [1.165, 1.54) is 4.57 Å². The molecule has 1 atom stereocenters. The topological polar surface area (TPSA) is 97.9 Å². The Morgan fingerprint density at radius 2 is 1.48 bits per heavy atom. The van der Waals surface area contributed by atoms with E-state index in [2.05, 4.69) is 19.8 Å². The summed E-state index contributed by atoms with van der Waals surface area (Å²) < 4.78 is 1.47. The van der Waals surface area contributed by atoms with E-state index in [1.807, 2.05) is 0 Å². The fraction of sp³-hybridized carbons (Fsp3) is 0.579. The van der Waals surface area contributed by atoms with Gasteiger partial charge in [-0.3, -0.25) is 9.47 Å². The van der Waals surface area contributed by atoms with Gasteiger partial charge in [-0.15, -0.1) is 0 Å². The number of hydrogen-bond donors (Lipinski definition) is 3. The number of aromatic hydroxyl groups is 2. The van der Waals surface area contributed by atoms with Crippen molar-refractivity contribution in [2.75, 3.05) is 37.6 Å². The Kier molecular flexibility index (Phi) is 5.18. The Morgan fingerprint density at radius 3 is 2.07 bits per heavy atom. The van der Waals surface area contributed by atoms with Crippen molar-refractivity contribution in [1.29, 1.82) is 0 Å². The van der Waals surface area contributed by atoms with Crippen LogP contribution in [0.2, 0.25) is 0 Å². The summed E-state index contributed by atoms with van der Waals surface area (Å²) in [5.41, 5.74) is 1.70. The highest BCUT2D eigenvalue weighted by Gasteiger charge is 2.26. The van der Waals surface area contributed by atoms with Gasteiger partial charge in [0.25, 0.3) is 0 Å². The Labute approximate surface area is 158 Å². The lowest BCUT2D eigenvalue weighted by Crippen LogP contribution is -2.49. The Balaban J connectivity index is 1.33. The molecule has 1 aliphatic carbocycles. The Morgan fingerprint density at radius 1 is 0.889 bits per heavy atom. The molecule has 2 aromatic rings. The van der Waals surface area contributed by atoms with Crippen LogP contribution in [-0.2, 0) is 19.4 Å². The van der Waals surface area contributed by atoms with Crippen LogP contribution >= 0.6 is 0 Å². The molecule has 1 saturated heterocycles. The van der Waals surface area contributed by atoms with Crippen LogP contribution in [0.15, 0.2) is 18.5 Å². The van der Waals surface area contributed by atoms with E-state index in [0.717, 1.165) is 68.9 Å². The van der Waals surface area contributed by atoms with Gasteiger partial charge in [-0.25, -0.2) is 9.97 Å². The highest BCUT2D eigenvalue weighted by molar-refractivity contribution is 5.46. The summed E-state index contributed by atoms with van der Waals surface area (Å²) in [5, 5.41) is 31.4. The first-order valence-electron chi connectivity index (χ1n) is 9.68. The third-order valence-corrected chi connectivity index (χ3v) is 5.59. The molecule has 1 fully saturated rings. The normalized spacial score (nSPS) is 19.1. The maximum absolute atomic E-state index is 10.5. The molecular weight excluding hydrogens is 346 g/mol. The van der Waals surface area contributed by atoms with Crippen LogP contribution in [0.1, 0.15) is 24.0 Å². The maximum atomic E-state index is 10.5.